The fourth-order valence-corrected chi connectivity index (χ4v) is 3.61. The van der Waals surface area contributed by atoms with E-state index in [0.29, 0.717) is 6.04 Å². The average molecular weight is 259 g/mol. The van der Waals surface area contributed by atoms with Crippen molar-refractivity contribution in [2.75, 3.05) is 13.2 Å². The third kappa shape index (κ3) is 3.18. The van der Waals surface area contributed by atoms with E-state index in [4.69, 9.17) is 4.74 Å². The van der Waals surface area contributed by atoms with Gasteiger partial charge in [0.1, 0.15) is 0 Å². The van der Waals surface area contributed by atoms with Crippen LogP contribution in [0.5, 0.6) is 0 Å². The van der Waals surface area contributed by atoms with Crippen LogP contribution in [0.3, 0.4) is 0 Å². The fraction of sp³-hybridized carbons (Fsp3) is 0.647. The minimum atomic E-state index is 0.391. The predicted octanol–water partition coefficient (Wildman–Crippen LogP) is 3.67. The second-order valence-electron chi connectivity index (χ2n) is 6.31. The summed E-state index contributed by atoms with van der Waals surface area (Å²) in [5.74, 6) is 1.77. The Balaban J connectivity index is 1.59. The van der Waals surface area contributed by atoms with E-state index >= 15 is 0 Å². The summed E-state index contributed by atoms with van der Waals surface area (Å²) in [6, 6.07) is 9.07. The van der Waals surface area contributed by atoms with Crippen molar-refractivity contribution in [3.05, 3.63) is 35.4 Å². The largest absolute Gasteiger partial charge is 0.375 e. The summed E-state index contributed by atoms with van der Waals surface area (Å²) in [6.07, 6.45) is 5.62. The number of hydrogen-bond donors (Lipinski definition) is 1. The molecule has 0 spiro atoms. The van der Waals surface area contributed by atoms with Crippen molar-refractivity contribution in [1.29, 1.82) is 0 Å². The summed E-state index contributed by atoms with van der Waals surface area (Å²) in [7, 11) is 0. The van der Waals surface area contributed by atoms with Gasteiger partial charge in [-0.3, -0.25) is 0 Å². The molecular formula is C17H25NO. The maximum absolute atomic E-state index is 5.71. The molecule has 0 aromatic heterocycles. The van der Waals surface area contributed by atoms with E-state index in [9.17, 15) is 0 Å². The summed E-state index contributed by atoms with van der Waals surface area (Å²) >= 11 is 0. The zero-order valence-electron chi connectivity index (χ0n) is 11.9. The average Bonchev–Trinajstić information content (AvgIpc) is 2.45. The molecule has 2 aliphatic rings. The molecule has 104 valence electrons. The van der Waals surface area contributed by atoms with Crippen molar-refractivity contribution in [3.8, 4) is 0 Å². The van der Waals surface area contributed by atoms with Gasteiger partial charge >= 0.3 is 0 Å². The van der Waals surface area contributed by atoms with Crippen LogP contribution in [0, 0.1) is 11.8 Å². The summed E-state index contributed by atoms with van der Waals surface area (Å²) < 4.78 is 5.71. The van der Waals surface area contributed by atoms with Crippen molar-refractivity contribution in [1.82, 2.24) is 5.32 Å². The van der Waals surface area contributed by atoms with Crippen molar-refractivity contribution < 1.29 is 4.74 Å². The minimum Gasteiger partial charge on any atom is -0.375 e. The van der Waals surface area contributed by atoms with Gasteiger partial charge in [0.25, 0.3) is 0 Å². The Hall–Kier alpha value is -0.860. The molecule has 1 fully saturated rings. The van der Waals surface area contributed by atoms with Gasteiger partial charge in [-0.15, -0.1) is 0 Å². The standard InChI is InChI=1S/C17H25NO/c1-13-5-4-6-14(9-13)10-18-17-12-19-11-15-7-2-3-8-16(15)17/h2-3,7-8,13-14,17-18H,4-6,9-12H2,1H3. The third-order valence-corrected chi connectivity index (χ3v) is 4.67. The van der Waals surface area contributed by atoms with Gasteiger partial charge in [0.05, 0.1) is 19.3 Å². The van der Waals surface area contributed by atoms with E-state index in [1.807, 2.05) is 0 Å². The number of fused-ring (bicyclic) bond motifs is 1. The molecule has 2 nitrogen and oxygen atoms in total. The van der Waals surface area contributed by atoms with Gasteiger partial charge in [-0.05, 0) is 42.3 Å². The van der Waals surface area contributed by atoms with Crippen LogP contribution in [0.4, 0.5) is 0 Å². The monoisotopic (exact) mass is 259 g/mol. The number of benzene rings is 1. The highest BCUT2D eigenvalue weighted by Gasteiger charge is 2.23. The maximum atomic E-state index is 5.71. The summed E-state index contributed by atoms with van der Waals surface area (Å²) in [4.78, 5) is 0. The van der Waals surface area contributed by atoms with Gasteiger partial charge in [0.2, 0.25) is 0 Å². The van der Waals surface area contributed by atoms with E-state index in [0.717, 1.165) is 31.6 Å². The molecule has 1 heterocycles. The Morgan fingerprint density at radius 2 is 2.16 bits per heavy atom. The fourth-order valence-electron chi connectivity index (χ4n) is 3.61. The minimum absolute atomic E-state index is 0.391. The summed E-state index contributed by atoms with van der Waals surface area (Å²) in [6.45, 7) is 5.13. The highest BCUT2D eigenvalue weighted by molar-refractivity contribution is 5.31. The molecule has 0 amide bonds. The zero-order chi connectivity index (χ0) is 13.1. The van der Waals surface area contributed by atoms with Crippen LogP contribution >= 0.6 is 0 Å². The van der Waals surface area contributed by atoms with Crippen LogP contribution in [0.1, 0.15) is 49.8 Å². The molecule has 1 saturated carbocycles. The van der Waals surface area contributed by atoms with E-state index in [2.05, 4.69) is 36.5 Å². The predicted molar refractivity (Wildman–Crippen MR) is 78.0 cm³/mol. The first-order valence-electron chi connectivity index (χ1n) is 7.72. The van der Waals surface area contributed by atoms with Crippen molar-refractivity contribution in [2.45, 2.75) is 45.3 Å². The first-order chi connectivity index (χ1) is 9.33. The first-order valence-corrected chi connectivity index (χ1v) is 7.72. The molecule has 1 N–H and O–H groups in total. The van der Waals surface area contributed by atoms with Crippen molar-refractivity contribution >= 4 is 0 Å². The molecule has 0 bridgehead atoms. The Morgan fingerprint density at radius 3 is 3.05 bits per heavy atom. The number of rotatable bonds is 3. The van der Waals surface area contributed by atoms with Crippen LogP contribution in [0.2, 0.25) is 0 Å². The topological polar surface area (TPSA) is 21.3 Å². The van der Waals surface area contributed by atoms with Gasteiger partial charge in [-0.25, -0.2) is 0 Å². The van der Waals surface area contributed by atoms with Crippen LogP contribution in [-0.4, -0.2) is 13.2 Å². The second kappa shape index (κ2) is 6.06. The van der Waals surface area contributed by atoms with Gasteiger partial charge in [0.15, 0.2) is 0 Å². The first kappa shape index (κ1) is 13.1. The Kier molecular flexibility index (Phi) is 4.19. The van der Waals surface area contributed by atoms with Crippen molar-refractivity contribution in [2.24, 2.45) is 11.8 Å². The molecule has 3 unspecified atom stereocenters. The molecule has 19 heavy (non-hydrogen) atoms. The molecule has 3 atom stereocenters. The molecule has 1 aliphatic carbocycles. The van der Waals surface area contributed by atoms with Gasteiger partial charge < -0.3 is 10.1 Å². The molecule has 1 aromatic carbocycles. The summed E-state index contributed by atoms with van der Waals surface area (Å²) in [5.41, 5.74) is 2.79. The van der Waals surface area contributed by atoms with Gasteiger partial charge in [-0.1, -0.05) is 44.0 Å². The van der Waals surface area contributed by atoms with E-state index in [-0.39, 0.29) is 0 Å². The lowest BCUT2D eigenvalue weighted by Gasteiger charge is -2.31. The maximum Gasteiger partial charge on any atom is 0.0721 e. The molecule has 1 aliphatic heterocycles. The molecule has 2 heteroatoms. The lowest BCUT2D eigenvalue weighted by Crippen LogP contribution is -2.34. The molecule has 0 radical (unpaired) electrons. The Labute approximate surface area is 116 Å². The van der Waals surface area contributed by atoms with Crippen LogP contribution < -0.4 is 5.32 Å². The van der Waals surface area contributed by atoms with Gasteiger partial charge in [0, 0.05) is 0 Å². The second-order valence-corrected chi connectivity index (χ2v) is 6.31. The van der Waals surface area contributed by atoms with E-state index in [1.165, 1.54) is 36.8 Å². The van der Waals surface area contributed by atoms with Crippen LogP contribution in [0.25, 0.3) is 0 Å². The number of ether oxygens (including phenoxy) is 1. The zero-order valence-corrected chi connectivity index (χ0v) is 11.9. The third-order valence-electron chi connectivity index (χ3n) is 4.67. The molecular weight excluding hydrogens is 234 g/mol. The highest BCUT2D eigenvalue weighted by Crippen LogP contribution is 2.29. The molecule has 0 saturated heterocycles. The SMILES string of the molecule is CC1CCCC(CNC2COCc3ccccc32)C1. The van der Waals surface area contributed by atoms with Crippen molar-refractivity contribution in [3.63, 3.8) is 0 Å². The molecule has 1 aromatic rings. The Morgan fingerprint density at radius 1 is 1.26 bits per heavy atom. The summed E-state index contributed by atoms with van der Waals surface area (Å²) in [5, 5.41) is 3.74. The van der Waals surface area contributed by atoms with E-state index in [1.54, 1.807) is 0 Å². The normalized spacial score (nSPS) is 30.9. The number of nitrogens with one attached hydrogen (secondary N) is 1. The smallest absolute Gasteiger partial charge is 0.0721 e. The highest BCUT2D eigenvalue weighted by atomic mass is 16.5. The van der Waals surface area contributed by atoms with Crippen LogP contribution in [-0.2, 0) is 11.3 Å². The lowest BCUT2D eigenvalue weighted by molar-refractivity contribution is 0.0796. The van der Waals surface area contributed by atoms with Crippen LogP contribution in [0.15, 0.2) is 24.3 Å². The van der Waals surface area contributed by atoms with Gasteiger partial charge in [-0.2, -0.15) is 0 Å². The Bertz CT molecular complexity index is 417. The number of hydrogen-bond acceptors (Lipinski definition) is 2. The quantitative estimate of drug-likeness (QED) is 0.894. The van der Waals surface area contributed by atoms with E-state index < -0.39 is 0 Å². The lowest BCUT2D eigenvalue weighted by atomic mass is 9.82. The molecule has 3 rings (SSSR count).